The minimum Gasteiger partial charge on any atom is -0.397 e. The van der Waals surface area contributed by atoms with Crippen molar-refractivity contribution < 1.29 is 4.79 Å². The number of rotatable bonds is 3. The Morgan fingerprint density at radius 1 is 1.48 bits per heavy atom. The molecule has 0 unspecified atom stereocenters. The largest absolute Gasteiger partial charge is 0.397 e. The van der Waals surface area contributed by atoms with Crippen LogP contribution in [0.5, 0.6) is 0 Å². The number of hydrogen-bond acceptors (Lipinski definition) is 5. The lowest BCUT2D eigenvalue weighted by Gasteiger charge is -2.03. The highest BCUT2D eigenvalue weighted by molar-refractivity contribution is 7.21. The highest BCUT2D eigenvalue weighted by Crippen LogP contribution is 2.34. The summed E-state index contributed by atoms with van der Waals surface area (Å²) in [4.78, 5) is 12.8. The van der Waals surface area contributed by atoms with Gasteiger partial charge in [-0.3, -0.25) is 4.79 Å². The number of nitrogens with one attached hydrogen (secondary N) is 1. The third-order valence-corrected chi connectivity index (χ3v) is 4.49. The van der Waals surface area contributed by atoms with E-state index >= 15 is 0 Å². The van der Waals surface area contributed by atoms with Crippen molar-refractivity contribution in [3.05, 3.63) is 40.8 Å². The summed E-state index contributed by atoms with van der Waals surface area (Å²) >= 11 is 1.40. The summed E-state index contributed by atoms with van der Waals surface area (Å²) < 4.78 is 2.78. The fraction of sp³-hybridized carbons (Fsp3) is 0.214. The molecule has 0 aliphatic carbocycles. The van der Waals surface area contributed by atoms with Gasteiger partial charge in [0.15, 0.2) is 5.82 Å². The Morgan fingerprint density at radius 2 is 2.29 bits per heavy atom. The number of nitrogens with two attached hydrogens (primary N) is 1. The van der Waals surface area contributed by atoms with Crippen LogP contribution in [-0.2, 0) is 13.6 Å². The minimum absolute atomic E-state index is 0.186. The third-order valence-electron chi connectivity index (χ3n) is 3.30. The molecule has 0 aliphatic heterocycles. The second-order valence-electron chi connectivity index (χ2n) is 4.89. The number of nitrogen functional groups attached to an aromatic ring is 1. The first-order valence-corrected chi connectivity index (χ1v) is 7.27. The first-order valence-electron chi connectivity index (χ1n) is 6.46. The topological polar surface area (TPSA) is 85.8 Å². The molecule has 0 aliphatic rings. The zero-order valence-corrected chi connectivity index (χ0v) is 12.6. The van der Waals surface area contributed by atoms with E-state index in [1.54, 1.807) is 10.9 Å². The molecule has 2 aromatic heterocycles. The van der Waals surface area contributed by atoms with E-state index in [-0.39, 0.29) is 5.91 Å². The normalized spacial score (nSPS) is 11.0. The van der Waals surface area contributed by atoms with Crippen molar-refractivity contribution in [1.29, 1.82) is 0 Å². The maximum atomic E-state index is 12.3. The van der Waals surface area contributed by atoms with Gasteiger partial charge in [-0.1, -0.05) is 11.6 Å². The van der Waals surface area contributed by atoms with E-state index < -0.39 is 0 Å². The first kappa shape index (κ1) is 13.6. The monoisotopic (exact) mass is 301 g/mol. The number of hydrogen-bond donors (Lipinski definition) is 2. The molecule has 3 rings (SSSR count). The predicted molar refractivity (Wildman–Crippen MR) is 83.1 cm³/mol. The maximum absolute atomic E-state index is 12.3. The van der Waals surface area contributed by atoms with Crippen LogP contribution < -0.4 is 11.1 Å². The molecule has 6 nitrogen and oxygen atoms in total. The van der Waals surface area contributed by atoms with Gasteiger partial charge in [0.1, 0.15) is 11.2 Å². The number of aryl methyl sites for hydroxylation is 2. The molecule has 7 heteroatoms. The van der Waals surface area contributed by atoms with Gasteiger partial charge in [0.25, 0.3) is 5.91 Å². The Balaban J connectivity index is 1.84. The molecule has 1 amide bonds. The summed E-state index contributed by atoms with van der Waals surface area (Å²) in [6.45, 7) is 2.33. The van der Waals surface area contributed by atoms with Crippen LogP contribution in [0.1, 0.15) is 21.1 Å². The van der Waals surface area contributed by atoms with Crippen LogP contribution >= 0.6 is 11.3 Å². The molecule has 1 aromatic carbocycles. The summed E-state index contributed by atoms with van der Waals surface area (Å²) in [5, 5.41) is 11.5. The van der Waals surface area contributed by atoms with Crippen molar-refractivity contribution in [3.8, 4) is 0 Å². The Labute approximate surface area is 125 Å². The molecule has 0 saturated carbocycles. The van der Waals surface area contributed by atoms with E-state index in [0.717, 1.165) is 15.6 Å². The standard InChI is InChI=1S/C14H15N5OS/c1-8-3-4-10-9(5-8)12(15)13(21-10)14(20)16-6-11-18-17-7-19(11)2/h3-5,7H,6,15H2,1-2H3,(H,16,20). The van der Waals surface area contributed by atoms with Crippen LogP contribution in [0.4, 0.5) is 5.69 Å². The molecular weight excluding hydrogens is 286 g/mol. The van der Waals surface area contributed by atoms with E-state index in [4.69, 9.17) is 5.73 Å². The average Bonchev–Trinajstić information content (AvgIpc) is 3.01. The van der Waals surface area contributed by atoms with Crippen LogP contribution in [0, 0.1) is 6.92 Å². The molecule has 0 fully saturated rings. The summed E-state index contributed by atoms with van der Waals surface area (Å²) in [5.74, 6) is 0.508. The second kappa shape index (κ2) is 5.17. The van der Waals surface area contributed by atoms with Gasteiger partial charge in [0, 0.05) is 17.1 Å². The molecule has 21 heavy (non-hydrogen) atoms. The van der Waals surface area contributed by atoms with Crippen molar-refractivity contribution in [3.63, 3.8) is 0 Å². The summed E-state index contributed by atoms with van der Waals surface area (Å²) in [6.07, 6.45) is 1.60. The van der Waals surface area contributed by atoms with E-state index in [0.29, 0.717) is 22.9 Å². The van der Waals surface area contributed by atoms with Gasteiger partial charge in [-0.25, -0.2) is 0 Å². The fourth-order valence-corrected chi connectivity index (χ4v) is 3.13. The second-order valence-corrected chi connectivity index (χ2v) is 5.94. The first-order chi connectivity index (χ1) is 10.1. The van der Waals surface area contributed by atoms with E-state index in [1.165, 1.54) is 11.3 Å². The molecule has 108 valence electrons. The van der Waals surface area contributed by atoms with Crippen LogP contribution in [0.2, 0.25) is 0 Å². The van der Waals surface area contributed by atoms with Gasteiger partial charge < -0.3 is 15.6 Å². The molecular formula is C14H15N5OS. The molecule has 0 spiro atoms. The lowest BCUT2D eigenvalue weighted by Crippen LogP contribution is -2.24. The number of fused-ring (bicyclic) bond motifs is 1. The van der Waals surface area contributed by atoms with Crippen molar-refractivity contribution in [2.75, 3.05) is 5.73 Å². The number of aromatic nitrogens is 3. The van der Waals surface area contributed by atoms with Gasteiger partial charge in [0.05, 0.1) is 12.2 Å². The van der Waals surface area contributed by atoms with E-state index in [1.807, 2.05) is 32.2 Å². The van der Waals surface area contributed by atoms with Gasteiger partial charge in [0.2, 0.25) is 0 Å². The number of amides is 1. The molecule has 0 atom stereocenters. The maximum Gasteiger partial charge on any atom is 0.263 e. The Bertz CT molecular complexity index is 820. The number of nitrogens with zero attached hydrogens (tertiary/aromatic N) is 3. The van der Waals surface area contributed by atoms with Crippen LogP contribution in [0.15, 0.2) is 24.5 Å². The number of benzene rings is 1. The fourth-order valence-electron chi connectivity index (χ4n) is 2.11. The highest BCUT2D eigenvalue weighted by atomic mass is 32.1. The third kappa shape index (κ3) is 2.47. The van der Waals surface area contributed by atoms with Crippen LogP contribution in [-0.4, -0.2) is 20.7 Å². The Hall–Kier alpha value is -2.41. The summed E-state index contributed by atoms with van der Waals surface area (Å²) in [7, 11) is 1.83. The summed E-state index contributed by atoms with van der Waals surface area (Å²) in [5.41, 5.74) is 7.76. The molecule has 3 N–H and O–H groups in total. The van der Waals surface area contributed by atoms with E-state index in [2.05, 4.69) is 15.5 Å². The van der Waals surface area contributed by atoms with E-state index in [9.17, 15) is 4.79 Å². The number of carbonyl (C=O) groups is 1. The zero-order chi connectivity index (χ0) is 15.0. The van der Waals surface area contributed by atoms with Crippen LogP contribution in [0.25, 0.3) is 10.1 Å². The Kier molecular flexibility index (Phi) is 3.34. The molecule has 2 heterocycles. The SMILES string of the molecule is Cc1ccc2sc(C(=O)NCc3nncn3C)c(N)c2c1. The molecule has 0 radical (unpaired) electrons. The van der Waals surface area contributed by atoms with Crippen molar-refractivity contribution in [2.45, 2.75) is 13.5 Å². The lowest BCUT2D eigenvalue weighted by atomic mass is 10.1. The smallest absolute Gasteiger partial charge is 0.263 e. The molecule has 0 bridgehead atoms. The molecule has 3 aromatic rings. The Morgan fingerprint density at radius 3 is 3.00 bits per heavy atom. The number of anilines is 1. The minimum atomic E-state index is -0.186. The van der Waals surface area contributed by atoms with Gasteiger partial charge in [-0.15, -0.1) is 21.5 Å². The van der Waals surface area contributed by atoms with Crippen molar-refractivity contribution >= 4 is 33.0 Å². The average molecular weight is 301 g/mol. The van der Waals surface area contributed by atoms with Crippen LogP contribution in [0.3, 0.4) is 0 Å². The van der Waals surface area contributed by atoms with Gasteiger partial charge >= 0.3 is 0 Å². The number of thiophene rings is 1. The molecule has 0 saturated heterocycles. The quantitative estimate of drug-likeness (QED) is 0.773. The predicted octanol–water partition coefficient (Wildman–Crippen LogP) is 1.85. The summed E-state index contributed by atoms with van der Waals surface area (Å²) in [6, 6.07) is 6.01. The van der Waals surface area contributed by atoms with Crippen molar-refractivity contribution in [2.24, 2.45) is 7.05 Å². The van der Waals surface area contributed by atoms with Gasteiger partial charge in [-0.2, -0.15) is 0 Å². The van der Waals surface area contributed by atoms with Crippen molar-refractivity contribution in [1.82, 2.24) is 20.1 Å². The lowest BCUT2D eigenvalue weighted by molar-refractivity contribution is 0.0954. The highest BCUT2D eigenvalue weighted by Gasteiger charge is 2.16. The van der Waals surface area contributed by atoms with Gasteiger partial charge in [-0.05, 0) is 19.1 Å². The zero-order valence-electron chi connectivity index (χ0n) is 11.8. The number of carbonyl (C=O) groups excluding carboxylic acids is 1.